The standard InChI is InChI=1S/C21H15Cl2NO2/c1-14(25)26-19-9-6-17(7-10-19)16-4-2-15(3-5-16)13-24-21-11-8-18(22)12-20(21)23/h2-13H,1H3. The van der Waals surface area contributed by atoms with E-state index in [2.05, 4.69) is 4.99 Å². The van der Waals surface area contributed by atoms with Crippen LogP contribution in [0.15, 0.2) is 71.7 Å². The third kappa shape index (κ3) is 4.72. The van der Waals surface area contributed by atoms with Gasteiger partial charge in [-0.15, -0.1) is 0 Å². The highest BCUT2D eigenvalue weighted by atomic mass is 35.5. The summed E-state index contributed by atoms with van der Waals surface area (Å²) < 4.78 is 5.04. The van der Waals surface area contributed by atoms with Gasteiger partial charge in [0, 0.05) is 18.2 Å². The fraction of sp³-hybridized carbons (Fsp3) is 0.0476. The van der Waals surface area contributed by atoms with Gasteiger partial charge in [-0.3, -0.25) is 9.79 Å². The molecule has 5 heteroatoms. The summed E-state index contributed by atoms with van der Waals surface area (Å²) in [5.41, 5.74) is 3.71. The number of hydrogen-bond acceptors (Lipinski definition) is 3. The summed E-state index contributed by atoms with van der Waals surface area (Å²) >= 11 is 12.0. The minimum atomic E-state index is -0.331. The molecule has 0 aliphatic rings. The zero-order chi connectivity index (χ0) is 18.5. The smallest absolute Gasteiger partial charge is 0.308 e. The number of hydrogen-bond donors (Lipinski definition) is 0. The van der Waals surface area contributed by atoms with Gasteiger partial charge in [0.05, 0.1) is 10.7 Å². The molecule has 130 valence electrons. The summed E-state index contributed by atoms with van der Waals surface area (Å²) in [5.74, 6) is 0.201. The maximum Gasteiger partial charge on any atom is 0.308 e. The van der Waals surface area contributed by atoms with Crippen LogP contribution in [0.2, 0.25) is 10.0 Å². The molecule has 0 bridgehead atoms. The molecule has 0 radical (unpaired) electrons. The third-order valence-electron chi connectivity index (χ3n) is 3.62. The van der Waals surface area contributed by atoms with Gasteiger partial charge in [-0.2, -0.15) is 0 Å². The van der Waals surface area contributed by atoms with Crippen LogP contribution >= 0.6 is 23.2 Å². The van der Waals surface area contributed by atoms with Gasteiger partial charge in [0.25, 0.3) is 0 Å². The number of nitrogens with zero attached hydrogens (tertiary/aromatic N) is 1. The summed E-state index contributed by atoms with van der Waals surface area (Å²) in [6, 6.07) is 20.5. The molecule has 0 spiro atoms. The van der Waals surface area contributed by atoms with E-state index >= 15 is 0 Å². The second-order valence-electron chi connectivity index (χ2n) is 5.59. The molecule has 0 fully saturated rings. The van der Waals surface area contributed by atoms with E-state index in [1.54, 1.807) is 36.5 Å². The molecule has 0 aliphatic carbocycles. The molecule has 0 aliphatic heterocycles. The summed E-state index contributed by atoms with van der Waals surface area (Å²) in [6.45, 7) is 1.38. The van der Waals surface area contributed by atoms with Crippen LogP contribution in [0.1, 0.15) is 12.5 Å². The molecule has 3 aromatic carbocycles. The lowest BCUT2D eigenvalue weighted by atomic mass is 10.0. The van der Waals surface area contributed by atoms with Crippen LogP contribution in [-0.2, 0) is 4.79 Å². The molecular formula is C21H15Cl2NO2. The number of aliphatic imine (C=N–C) groups is 1. The Morgan fingerprint density at radius 1 is 0.923 bits per heavy atom. The highest BCUT2D eigenvalue weighted by Gasteiger charge is 2.02. The first kappa shape index (κ1) is 18.2. The van der Waals surface area contributed by atoms with Crippen molar-refractivity contribution in [3.8, 4) is 16.9 Å². The fourth-order valence-electron chi connectivity index (χ4n) is 2.37. The van der Waals surface area contributed by atoms with Crippen LogP contribution in [0.5, 0.6) is 5.75 Å². The SMILES string of the molecule is CC(=O)Oc1ccc(-c2ccc(C=Nc3ccc(Cl)cc3Cl)cc2)cc1. The lowest BCUT2D eigenvalue weighted by Crippen LogP contribution is -2.00. The third-order valence-corrected chi connectivity index (χ3v) is 4.16. The van der Waals surface area contributed by atoms with Gasteiger partial charge in [-0.25, -0.2) is 0 Å². The van der Waals surface area contributed by atoms with Crippen LogP contribution in [0.3, 0.4) is 0 Å². The van der Waals surface area contributed by atoms with Crippen molar-refractivity contribution in [2.75, 3.05) is 0 Å². The summed E-state index contributed by atoms with van der Waals surface area (Å²) in [6.07, 6.45) is 1.75. The number of esters is 1. The molecule has 0 amide bonds. The number of ether oxygens (including phenoxy) is 1. The quantitative estimate of drug-likeness (QED) is 0.299. The van der Waals surface area contributed by atoms with E-state index in [1.807, 2.05) is 36.4 Å². The lowest BCUT2D eigenvalue weighted by molar-refractivity contribution is -0.131. The molecule has 0 atom stereocenters. The van der Waals surface area contributed by atoms with Crippen molar-refractivity contribution in [1.29, 1.82) is 0 Å². The predicted octanol–water partition coefficient (Wildman–Crippen LogP) is 6.34. The maximum absolute atomic E-state index is 11.0. The van der Waals surface area contributed by atoms with E-state index in [9.17, 15) is 4.79 Å². The van der Waals surface area contributed by atoms with E-state index in [-0.39, 0.29) is 5.97 Å². The molecule has 3 rings (SSSR count). The topological polar surface area (TPSA) is 38.7 Å². The number of benzene rings is 3. The zero-order valence-electron chi connectivity index (χ0n) is 13.9. The number of halogens is 2. The van der Waals surface area contributed by atoms with Crippen molar-refractivity contribution in [3.05, 3.63) is 82.3 Å². The van der Waals surface area contributed by atoms with Crippen molar-refractivity contribution < 1.29 is 9.53 Å². The predicted molar refractivity (Wildman–Crippen MR) is 107 cm³/mol. The highest BCUT2D eigenvalue weighted by molar-refractivity contribution is 6.36. The Labute approximate surface area is 161 Å². The number of carbonyl (C=O) groups is 1. The molecule has 0 N–H and O–H groups in total. The molecule has 0 heterocycles. The molecular weight excluding hydrogens is 369 g/mol. The molecule has 0 saturated heterocycles. The monoisotopic (exact) mass is 383 g/mol. The second-order valence-corrected chi connectivity index (χ2v) is 6.44. The van der Waals surface area contributed by atoms with Crippen LogP contribution in [0, 0.1) is 0 Å². The van der Waals surface area contributed by atoms with E-state index in [1.165, 1.54) is 6.92 Å². The zero-order valence-corrected chi connectivity index (χ0v) is 15.5. The summed E-state index contributed by atoms with van der Waals surface area (Å²) in [4.78, 5) is 15.4. The minimum Gasteiger partial charge on any atom is -0.427 e. The van der Waals surface area contributed by atoms with Crippen LogP contribution in [0.25, 0.3) is 11.1 Å². The largest absolute Gasteiger partial charge is 0.427 e. The van der Waals surface area contributed by atoms with Gasteiger partial charge in [-0.05, 0) is 47.0 Å². The second kappa shape index (κ2) is 8.17. The van der Waals surface area contributed by atoms with E-state index < -0.39 is 0 Å². The van der Waals surface area contributed by atoms with E-state index in [4.69, 9.17) is 27.9 Å². The Hall–Kier alpha value is -2.62. The van der Waals surface area contributed by atoms with Gasteiger partial charge >= 0.3 is 5.97 Å². The first-order valence-electron chi connectivity index (χ1n) is 7.89. The average molecular weight is 384 g/mol. The Morgan fingerprint density at radius 3 is 2.12 bits per heavy atom. The van der Waals surface area contributed by atoms with Crippen molar-refractivity contribution in [3.63, 3.8) is 0 Å². The Bertz CT molecular complexity index is 949. The lowest BCUT2D eigenvalue weighted by Gasteiger charge is -2.05. The molecule has 0 saturated carbocycles. The minimum absolute atomic E-state index is 0.331. The Balaban J connectivity index is 1.73. The van der Waals surface area contributed by atoms with Crippen molar-refractivity contribution in [1.82, 2.24) is 0 Å². The molecule has 0 aromatic heterocycles. The van der Waals surface area contributed by atoms with Crippen LogP contribution < -0.4 is 4.74 Å². The summed E-state index contributed by atoms with van der Waals surface area (Å²) in [5, 5.41) is 1.09. The van der Waals surface area contributed by atoms with E-state index in [0.29, 0.717) is 21.5 Å². The Morgan fingerprint density at radius 2 is 1.54 bits per heavy atom. The molecule has 3 aromatic rings. The van der Waals surface area contributed by atoms with Crippen molar-refractivity contribution >= 4 is 41.1 Å². The van der Waals surface area contributed by atoms with Gasteiger partial charge in [0.15, 0.2) is 0 Å². The highest BCUT2D eigenvalue weighted by Crippen LogP contribution is 2.28. The molecule has 26 heavy (non-hydrogen) atoms. The summed E-state index contributed by atoms with van der Waals surface area (Å²) in [7, 11) is 0. The normalized spacial score (nSPS) is 10.9. The van der Waals surface area contributed by atoms with Gasteiger partial charge in [0.2, 0.25) is 0 Å². The van der Waals surface area contributed by atoms with Gasteiger partial charge < -0.3 is 4.74 Å². The van der Waals surface area contributed by atoms with Gasteiger partial charge in [-0.1, -0.05) is 59.6 Å². The number of carbonyl (C=O) groups excluding carboxylic acids is 1. The first-order chi connectivity index (χ1) is 12.5. The van der Waals surface area contributed by atoms with Crippen LogP contribution in [-0.4, -0.2) is 12.2 Å². The molecule has 0 unspecified atom stereocenters. The maximum atomic E-state index is 11.0. The van der Waals surface area contributed by atoms with E-state index in [0.717, 1.165) is 16.7 Å². The van der Waals surface area contributed by atoms with Crippen molar-refractivity contribution in [2.24, 2.45) is 4.99 Å². The first-order valence-corrected chi connectivity index (χ1v) is 8.65. The van der Waals surface area contributed by atoms with Crippen molar-refractivity contribution in [2.45, 2.75) is 6.92 Å². The van der Waals surface area contributed by atoms with Gasteiger partial charge in [0.1, 0.15) is 5.75 Å². The fourth-order valence-corrected chi connectivity index (χ4v) is 2.83. The van der Waals surface area contributed by atoms with Crippen LogP contribution in [0.4, 0.5) is 5.69 Å². The number of rotatable bonds is 4. The average Bonchev–Trinajstić information content (AvgIpc) is 2.62. The Kier molecular flexibility index (Phi) is 5.71. The molecule has 3 nitrogen and oxygen atoms in total.